The molecule has 0 aromatic heterocycles. The lowest BCUT2D eigenvalue weighted by atomic mass is 10.2. The lowest BCUT2D eigenvalue weighted by molar-refractivity contribution is -0.118. The van der Waals surface area contributed by atoms with Gasteiger partial charge in [0.15, 0.2) is 18.1 Å². The molecule has 0 aliphatic carbocycles. The van der Waals surface area contributed by atoms with Gasteiger partial charge in [0.05, 0.1) is 16.4 Å². The molecule has 2 N–H and O–H groups in total. The second-order valence-corrected chi connectivity index (χ2v) is 7.83. The van der Waals surface area contributed by atoms with Crippen molar-refractivity contribution in [2.24, 2.45) is 5.10 Å². The van der Waals surface area contributed by atoms with Crippen LogP contribution in [0.2, 0.25) is 0 Å². The monoisotopic (exact) mass is 561 g/mol. The van der Waals surface area contributed by atoms with Crippen LogP contribution in [0.25, 0.3) is 0 Å². The summed E-state index contributed by atoms with van der Waals surface area (Å²) in [6.45, 7) is 1.96. The zero-order valence-electron chi connectivity index (χ0n) is 17.7. The Labute approximate surface area is 204 Å². The van der Waals surface area contributed by atoms with Gasteiger partial charge in [0, 0.05) is 11.3 Å². The second kappa shape index (κ2) is 12.0. The summed E-state index contributed by atoms with van der Waals surface area (Å²) < 4.78 is 25.1. The zero-order valence-corrected chi connectivity index (χ0v) is 19.8. The van der Waals surface area contributed by atoms with Crippen LogP contribution in [0, 0.1) is 9.39 Å². The molecule has 9 heteroatoms. The molecule has 7 nitrogen and oxygen atoms in total. The molecule has 0 bridgehead atoms. The largest absolute Gasteiger partial charge is 0.490 e. The Hall–Kier alpha value is -3.47. The van der Waals surface area contributed by atoms with E-state index in [1.165, 1.54) is 30.5 Å². The Kier molecular flexibility index (Phi) is 8.76. The van der Waals surface area contributed by atoms with Crippen LogP contribution in [0.5, 0.6) is 11.5 Å². The van der Waals surface area contributed by atoms with Crippen molar-refractivity contribution >= 4 is 46.3 Å². The van der Waals surface area contributed by atoms with Crippen molar-refractivity contribution in [3.05, 3.63) is 87.2 Å². The first-order valence-electron chi connectivity index (χ1n) is 9.99. The molecule has 3 rings (SSSR count). The standard InChI is InChI=1S/C24H21FIN3O4/c1-2-32-21-13-16(14-27-29-24(31)17-6-4-3-5-7-17)12-20(26)23(21)33-15-22(30)28-19-10-8-18(25)9-11-19/h3-14H,2,15H2,1H3,(H,28,30)(H,29,31)/b27-14+. The molecule has 0 heterocycles. The second-order valence-electron chi connectivity index (χ2n) is 6.67. The van der Waals surface area contributed by atoms with Gasteiger partial charge in [0.1, 0.15) is 5.82 Å². The van der Waals surface area contributed by atoms with Crippen LogP contribution in [0.4, 0.5) is 10.1 Å². The van der Waals surface area contributed by atoms with Crippen LogP contribution in [-0.2, 0) is 4.79 Å². The van der Waals surface area contributed by atoms with Gasteiger partial charge in [-0.2, -0.15) is 5.10 Å². The Morgan fingerprint density at radius 1 is 1.06 bits per heavy atom. The highest BCUT2D eigenvalue weighted by atomic mass is 127. The number of amides is 2. The number of anilines is 1. The molecule has 0 fully saturated rings. The Morgan fingerprint density at radius 3 is 2.48 bits per heavy atom. The molecular weight excluding hydrogens is 540 g/mol. The summed E-state index contributed by atoms with van der Waals surface area (Å²) in [5.74, 6) is -0.247. The highest BCUT2D eigenvalue weighted by Gasteiger charge is 2.14. The van der Waals surface area contributed by atoms with Gasteiger partial charge in [0.25, 0.3) is 11.8 Å². The number of carbonyl (C=O) groups excluding carboxylic acids is 2. The number of nitrogens with one attached hydrogen (secondary N) is 2. The first kappa shape index (κ1) is 24.2. The van der Waals surface area contributed by atoms with E-state index in [0.717, 1.165) is 0 Å². The summed E-state index contributed by atoms with van der Waals surface area (Å²) in [5.41, 5.74) is 4.13. The molecule has 0 spiro atoms. The summed E-state index contributed by atoms with van der Waals surface area (Å²) >= 11 is 2.07. The van der Waals surface area contributed by atoms with Gasteiger partial charge >= 0.3 is 0 Å². The van der Waals surface area contributed by atoms with Gasteiger partial charge < -0.3 is 14.8 Å². The summed E-state index contributed by atoms with van der Waals surface area (Å²) in [6.07, 6.45) is 1.50. The molecule has 0 radical (unpaired) electrons. The minimum Gasteiger partial charge on any atom is -0.490 e. The van der Waals surface area contributed by atoms with Crippen molar-refractivity contribution in [2.45, 2.75) is 6.92 Å². The molecule has 3 aromatic carbocycles. The van der Waals surface area contributed by atoms with Crippen molar-refractivity contribution < 1.29 is 23.5 Å². The van der Waals surface area contributed by atoms with Gasteiger partial charge in [-0.25, -0.2) is 9.82 Å². The number of nitrogens with zero attached hydrogens (tertiary/aromatic N) is 1. The maximum Gasteiger partial charge on any atom is 0.271 e. The van der Waals surface area contributed by atoms with E-state index >= 15 is 0 Å². The maximum absolute atomic E-state index is 13.0. The normalized spacial score (nSPS) is 10.6. The fourth-order valence-corrected chi connectivity index (χ4v) is 3.53. The summed E-state index contributed by atoms with van der Waals surface area (Å²) in [5, 5.41) is 6.64. The molecule has 170 valence electrons. The summed E-state index contributed by atoms with van der Waals surface area (Å²) in [6, 6.07) is 17.7. The van der Waals surface area contributed by atoms with Crippen molar-refractivity contribution in [1.29, 1.82) is 0 Å². The van der Waals surface area contributed by atoms with Crippen LogP contribution in [-0.4, -0.2) is 31.2 Å². The van der Waals surface area contributed by atoms with E-state index in [1.807, 2.05) is 13.0 Å². The van der Waals surface area contributed by atoms with Gasteiger partial charge in [-0.3, -0.25) is 9.59 Å². The average Bonchev–Trinajstić information content (AvgIpc) is 2.81. The lowest BCUT2D eigenvalue weighted by Gasteiger charge is -2.14. The molecule has 3 aromatic rings. The highest BCUT2D eigenvalue weighted by molar-refractivity contribution is 14.1. The smallest absolute Gasteiger partial charge is 0.271 e. The maximum atomic E-state index is 13.0. The molecule has 0 unspecified atom stereocenters. The molecule has 33 heavy (non-hydrogen) atoms. The molecule has 2 amide bonds. The Balaban J connectivity index is 1.65. The van der Waals surface area contributed by atoms with Gasteiger partial charge in [-0.05, 0) is 83.6 Å². The van der Waals surface area contributed by atoms with Crippen molar-refractivity contribution in [2.75, 3.05) is 18.5 Å². The SMILES string of the molecule is CCOc1cc(/C=N/NC(=O)c2ccccc2)cc(I)c1OCC(=O)Nc1ccc(F)cc1. The molecule has 0 aliphatic rings. The first-order valence-corrected chi connectivity index (χ1v) is 11.1. The number of benzene rings is 3. The Morgan fingerprint density at radius 2 is 1.79 bits per heavy atom. The van der Waals surface area contributed by atoms with Gasteiger partial charge in [-0.1, -0.05) is 18.2 Å². The van der Waals surface area contributed by atoms with E-state index in [2.05, 4.69) is 38.4 Å². The number of ether oxygens (including phenoxy) is 2. The van der Waals surface area contributed by atoms with Crippen LogP contribution in [0.1, 0.15) is 22.8 Å². The zero-order chi connectivity index (χ0) is 23.6. The first-order chi connectivity index (χ1) is 16.0. The Bertz CT molecular complexity index is 1140. The fraction of sp³-hybridized carbons (Fsp3) is 0.125. The number of rotatable bonds is 9. The topological polar surface area (TPSA) is 89.0 Å². The van der Waals surface area contributed by atoms with Crippen LogP contribution >= 0.6 is 22.6 Å². The lowest BCUT2D eigenvalue weighted by Crippen LogP contribution is -2.20. The molecular formula is C24H21FIN3O4. The van der Waals surface area contributed by atoms with E-state index < -0.39 is 5.91 Å². The number of hydrogen-bond acceptors (Lipinski definition) is 5. The molecule has 0 saturated carbocycles. The predicted octanol–water partition coefficient (Wildman–Crippen LogP) is 4.61. The highest BCUT2D eigenvalue weighted by Crippen LogP contribution is 2.34. The predicted molar refractivity (Wildman–Crippen MR) is 132 cm³/mol. The van der Waals surface area contributed by atoms with Crippen molar-refractivity contribution in [3.63, 3.8) is 0 Å². The van der Waals surface area contributed by atoms with Crippen molar-refractivity contribution in [3.8, 4) is 11.5 Å². The summed E-state index contributed by atoms with van der Waals surface area (Å²) in [7, 11) is 0. The van der Waals surface area contributed by atoms with E-state index in [1.54, 1.807) is 36.4 Å². The third-order valence-electron chi connectivity index (χ3n) is 4.22. The molecule has 0 aliphatic heterocycles. The number of halogens is 2. The summed E-state index contributed by atoms with van der Waals surface area (Å²) in [4.78, 5) is 24.3. The van der Waals surface area contributed by atoms with E-state index in [9.17, 15) is 14.0 Å². The van der Waals surface area contributed by atoms with E-state index in [0.29, 0.717) is 38.5 Å². The number of hydrazone groups is 1. The van der Waals surface area contributed by atoms with Gasteiger partial charge in [-0.15, -0.1) is 0 Å². The van der Waals surface area contributed by atoms with E-state index in [-0.39, 0.29) is 18.3 Å². The molecule has 0 atom stereocenters. The van der Waals surface area contributed by atoms with Crippen molar-refractivity contribution in [1.82, 2.24) is 5.43 Å². The average molecular weight is 561 g/mol. The number of hydrogen-bond donors (Lipinski definition) is 2. The fourth-order valence-electron chi connectivity index (χ4n) is 2.75. The minimum atomic E-state index is -0.394. The van der Waals surface area contributed by atoms with Crippen LogP contribution < -0.4 is 20.2 Å². The van der Waals surface area contributed by atoms with Crippen LogP contribution in [0.3, 0.4) is 0 Å². The third-order valence-corrected chi connectivity index (χ3v) is 5.02. The number of carbonyl (C=O) groups is 2. The quantitative estimate of drug-likeness (QED) is 0.227. The third kappa shape index (κ3) is 7.28. The minimum absolute atomic E-state index is 0.256. The molecule has 0 saturated heterocycles. The van der Waals surface area contributed by atoms with Crippen LogP contribution in [0.15, 0.2) is 71.8 Å². The van der Waals surface area contributed by atoms with E-state index in [4.69, 9.17) is 9.47 Å². The van der Waals surface area contributed by atoms with Gasteiger partial charge in [0.2, 0.25) is 0 Å².